The van der Waals surface area contributed by atoms with Gasteiger partial charge in [-0.3, -0.25) is 4.79 Å². The van der Waals surface area contributed by atoms with Gasteiger partial charge in [-0.1, -0.05) is 35.4 Å². The van der Waals surface area contributed by atoms with Crippen LogP contribution in [0.4, 0.5) is 0 Å². The number of rotatable bonds is 0. The van der Waals surface area contributed by atoms with E-state index in [0.29, 0.717) is 34.4 Å². The van der Waals surface area contributed by atoms with E-state index in [-0.39, 0.29) is 5.92 Å². The lowest BCUT2D eigenvalue weighted by Gasteiger charge is -2.29. The Hall–Kier alpha value is -0.270. The van der Waals surface area contributed by atoms with E-state index in [4.69, 9.17) is 23.2 Å². The molecule has 4 atom stereocenters. The minimum Gasteiger partial charge on any atom is -0.299 e. The lowest BCUT2D eigenvalue weighted by atomic mass is 9.73. The van der Waals surface area contributed by atoms with Gasteiger partial charge in [-0.15, -0.1) is 0 Å². The summed E-state index contributed by atoms with van der Waals surface area (Å²) in [5.41, 5.74) is 1.16. The van der Waals surface area contributed by atoms with Crippen LogP contribution in [-0.2, 0) is 4.79 Å². The molecule has 0 aliphatic heterocycles. The highest BCUT2D eigenvalue weighted by Crippen LogP contribution is 2.59. The topological polar surface area (TPSA) is 17.1 Å². The Morgan fingerprint density at radius 1 is 1.27 bits per heavy atom. The summed E-state index contributed by atoms with van der Waals surface area (Å²) in [4.78, 5) is 11.9. The van der Waals surface area contributed by atoms with Crippen LogP contribution in [-0.4, -0.2) is 5.78 Å². The zero-order valence-corrected chi connectivity index (χ0v) is 9.76. The molecule has 0 aromatic heterocycles. The molecule has 0 amide bonds. The van der Waals surface area contributed by atoms with Crippen molar-refractivity contribution in [3.8, 4) is 0 Å². The number of fused-ring (bicyclic) bond motifs is 5. The summed E-state index contributed by atoms with van der Waals surface area (Å²) in [6, 6.07) is 0. The molecular weight excluding hydrogens is 231 g/mol. The zero-order chi connectivity index (χ0) is 10.6. The Morgan fingerprint density at radius 2 is 2.00 bits per heavy atom. The van der Waals surface area contributed by atoms with Gasteiger partial charge in [-0.25, -0.2) is 0 Å². The number of hydrogen-bond acceptors (Lipinski definition) is 1. The van der Waals surface area contributed by atoms with Gasteiger partial charge in [0.25, 0.3) is 0 Å². The summed E-state index contributed by atoms with van der Waals surface area (Å²) in [7, 11) is 0. The smallest absolute Gasteiger partial charge is 0.140 e. The summed E-state index contributed by atoms with van der Waals surface area (Å²) in [5, 5.41) is 0. The standard InChI is InChI=1S/C12H12Cl2O/c13-12(14)11-7-4-5-8(11)10-6(7)2-1-3-9(10)15/h1-2,6-8,10H,3-5H2. The summed E-state index contributed by atoms with van der Waals surface area (Å²) in [6.07, 6.45) is 7.03. The third-order valence-corrected chi connectivity index (χ3v) is 4.60. The average Bonchev–Trinajstić information content (AvgIpc) is 2.73. The summed E-state index contributed by atoms with van der Waals surface area (Å²) >= 11 is 11.9. The molecule has 0 saturated heterocycles. The fourth-order valence-electron chi connectivity index (χ4n) is 3.69. The van der Waals surface area contributed by atoms with E-state index in [1.165, 1.54) is 0 Å². The third-order valence-electron chi connectivity index (χ3n) is 4.17. The fraction of sp³-hybridized carbons (Fsp3) is 0.583. The molecule has 0 aromatic carbocycles. The zero-order valence-electron chi connectivity index (χ0n) is 8.25. The van der Waals surface area contributed by atoms with Gasteiger partial charge in [0.05, 0.1) is 0 Å². The summed E-state index contributed by atoms with van der Waals surface area (Å²) in [6.45, 7) is 0. The SMILES string of the molecule is O=C1CC=CC2C3CCC(C3=C(Cl)Cl)C12. The Bertz CT molecular complexity index is 379. The molecule has 80 valence electrons. The number of Topliss-reactive ketones (excluding diaryl/α,β-unsaturated/α-hetero) is 1. The Balaban J connectivity index is 2.08. The summed E-state index contributed by atoms with van der Waals surface area (Å²) in [5.74, 6) is 1.71. The number of ketones is 1. The Morgan fingerprint density at radius 3 is 2.67 bits per heavy atom. The van der Waals surface area contributed by atoms with Crippen molar-refractivity contribution in [2.24, 2.45) is 23.7 Å². The molecule has 3 aliphatic carbocycles. The maximum atomic E-state index is 11.9. The van der Waals surface area contributed by atoms with Crippen molar-refractivity contribution >= 4 is 29.0 Å². The first kappa shape index (κ1) is 9.92. The highest BCUT2D eigenvalue weighted by Gasteiger charge is 2.54. The van der Waals surface area contributed by atoms with Crippen molar-refractivity contribution in [1.29, 1.82) is 0 Å². The molecule has 15 heavy (non-hydrogen) atoms. The van der Waals surface area contributed by atoms with Gasteiger partial charge in [-0.05, 0) is 36.2 Å². The van der Waals surface area contributed by atoms with Crippen molar-refractivity contribution < 1.29 is 4.79 Å². The molecule has 2 saturated carbocycles. The van der Waals surface area contributed by atoms with Gasteiger partial charge in [0.15, 0.2) is 0 Å². The van der Waals surface area contributed by atoms with Crippen molar-refractivity contribution in [1.82, 2.24) is 0 Å². The number of carbonyl (C=O) groups is 1. The maximum Gasteiger partial charge on any atom is 0.140 e. The van der Waals surface area contributed by atoms with Crippen LogP contribution in [0.15, 0.2) is 22.2 Å². The van der Waals surface area contributed by atoms with Crippen molar-refractivity contribution in [3.63, 3.8) is 0 Å². The second-order valence-corrected chi connectivity index (χ2v) is 5.66. The fourth-order valence-corrected chi connectivity index (χ4v) is 4.25. The Labute approximate surface area is 99.1 Å². The highest BCUT2D eigenvalue weighted by molar-refractivity contribution is 6.56. The molecule has 0 spiro atoms. The molecule has 4 unspecified atom stereocenters. The average molecular weight is 243 g/mol. The molecule has 3 heteroatoms. The number of allylic oxidation sites excluding steroid dienone is 3. The van der Waals surface area contributed by atoms with Crippen LogP contribution in [0, 0.1) is 23.7 Å². The Kier molecular flexibility index (Phi) is 2.22. The van der Waals surface area contributed by atoms with E-state index < -0.39 is 0 Å². The first-order valence-corrected chi connectivity index (χ1v) is 6.20. The molecular formula is C12H12Cl2O. The van der Waals surface area contributed by atoms with Gasteiger partial charge in [0.1, 0.15) is 10.3 Å². The molecule has 0 radical (unpaired) electrons. The van der Waals surface area contributed by atoms with Crippen LogP contribution in [0.5, 0.6) is 0 Å². The number of carbonyl (C=O) groups excluding carboxylic acids is 1. The lowest BCUT2D eigenvalue weighted by Crippen LogP contribution is -2.30. The van der Waals surface area contributed by atoms with Crippen LogP contribution >= 0.6 is 23.2 Å². The number of hydrogen-bond donors (Lipinski definition) is 0. The maximum absolute atomic E-state index is 11.9. The minimum absolute atomic E-state index is 0.177. The third kappa shape index (κ3) is 1.26. The van der Waals surface area contributed by atoms with Crippen molar-refractivity contribution in [2.45, 2.75) is 19.3 Å². The first-order valence-electron chi connectivity index (χ1n) is 5.44. The van der Waals surface area contributed by atoms with E-state index in [1.54, 1.807) is 0 Å². The van der Waals surface area contributed by atoms with Crippen LogP contribution < -0.4 is 0 Å². The molecule has 2 fully saturated rings. The van der Waals surface area contributed by atoms with E-state index in [9.17, 15) is 4.79 Å². The molecule has 0 N–H and O–H groups in total. The largest absolute Gasteiger partial charge is 0.299 e. The molecule has 3 aliphatic rings. The molecule has 0 heterocycles. The first-order chi connectivity index (χ1) is 7.20. The second-order valence-electron chi connectivity index (χ2n) is 4.71. The van der Waals surface area contributed by atoms with Crippen LogP contribution in [0.2, 0.25) is 0 Å². The molecule has 2 bridgehead atoms. The van der Waals surface area contributed by atoms with Crippen LogP contribution in [0.1, 0.15) is 19.3 Å². The highest BCUT2D eigenvalue weighted by atomic mass is 35.5. The van der Waals surface area contributed by atoms with E-state index in [0.717, 1.165) is 18.4 Å². The summed E-state index contributed by atoms with van der Waals surface area (Å²) < 4.78 is 0.415. The van der Waals surface area contributed by atoms with Gasteiger partial charge >= 0.3 is 0 Å². The second kappa shape index (κ2) is 3.36. The van der Waals surface area contributed by atoms with Crippen molar-refractivity contribution in [2.75, 3.05) is 0 Å². The predicted molar refractivity (Wildman–Crippen MR) is 60.7 cm³/mol. The normalized spacial score (nSPS) is 42.3. The van der Waals surface area contributed by atoms with Crippen LogP contribution in [0.3, 0.4) is 0 Å². The molecule has 0 aromatic rings. The van der Waals surface area contributed by atoms with Gasteiger partial charge in [-0.2, -0.15) is 0 Å². The van der Waals surface area contributed by atoms with Crippen molar-refractivity contribution in [3.05, 3.63) is 22.2 Å². The quantitative estimate of drug-likeness (QED) is 0.595. The van der Waals surface area contributed by atoms with E-state index >= 15 is 0 Å². The van der Waals surface area contributed by atoms with Gasteiger partial charge in [0, 0.05) is 12.3 Å². The van der Waals surface area contributed by atoms with E-state index in [2.05, 4.69) is 6.08 Å². The minimum atomic E-state index is 0.177. The molecule has 1 nitrogen and oxygen atoms in total. The predicted octanol–water partition coefficient (Wildman–Crippen LogP) is 3.48. The van der Waals surface area contributed by atoms with Gasteiger partial charge < -0.3 is 0 Å². The van der Waals surface area contributed by atoms with E-state index in [1.807, 2.05) is 6.08 Å². The molecule has 3 rings (SSSR count). The van der Waals surface area contributed by atoms with Crippen LogP contribution in [0.25, 0.3) is 0 Å². The lowest BCUT2D eigenvalue weighted by molar-refractivity contribution is -0.125. The monoisotopic (exact) mass is 242 g/mol. The number of halogens is 2. The van der Waals surface area contributed by atoms with Gasteiger partial charge in [0.2, 0.25) is 0 Å².